The molecule has 1 aromatic rings. The van der Waals surface area contributed by atoms with Gasteiger partial charge in [0.05, 0.1) is 17.6 Å². The second kappa shape index (κ2) is 5.37. The predicted octanol–water partition coefficient (Wildman–Crippen LogP) is 1.17. The summed E-state index contributed by atoms with van der Waals surface area (Å²) in [6.45, 7) is 9.21. The molecule has 6 nitrogen and oxygen atoms in total. The SMILES string of the molecule is CC(C)N1CCN2c3ncc(N4CCC4)cc3N(C)C(=O)[C@H]2C1. The third kappa shape index (κ3) is 2.27. The quantitative estimate of drug-likeness (QED) is 0.819. The van der Waals surface area contributed by atoms with E-state index in [2.05, 4.69) is 34.6 Å². The van der Waals surface area contributed by atoms with E-state index in [1.165, 1.54) is 6.42 Å². The molecule has 23 heavy (non-hydrogen) atoms. The van der Waals surface area contributed by atoms with Crippen LogP contribution < -0.4 is 14.7 Å². The molecule has 0 N–H and O–H groups in total. The standard InChI is InChI=1S/C17H25N5O/c1-12(2)21-7-8-22-15(11-21)17(23)19(3)14-9-13(10-18-16(14)22)20-5-4-6-20/h9-10,12,15H,4-8,11H2,1-3H3/t15-/m1/s1. The van der Waals surface area contributed by atoms with Gasteiger partial charge < -0.3 is 14.7 Å². The van der Waals surface area contributed by atoms with Crippen molar-refractivity contribution in [3.05, 3.63) is 12.3 Å². The Morgan fingerprint density at radius 2 is 2.00 bits per heavy atom. The van der Waals surface area contributed by atoms with Gasteiger partial charge in [0.1, 0.15) is 6.04 Å². The summed E-state index contributed by atoms with van der Waals surface area (Å²) in [5.41, 5.74) is 2.09. The first-order valence-corrected chi connectivity index (χ1v) is 8.59. The van der Waals surface area contributed by atoms with Crippen LogP contribution in [0.25, 0.3) is 0 Å². The van der Waals surface area contributed by atoms with E-state index >= 15 is 0 Å². The van der Waals surface area contributed by atoms with Crippen LogP contribution in [0.3, 0.4) is 0 Å². The van der Waals surface area contributed by atoms with E-state index in [0.717, 1.165) is 49.9 Å². The number of amides is 1. The molecule has 4 heterocycles. The fraction of sp³-hybridized carbons (Fsp3) is 0.647. The molecular formula is C17H25N5O. The zero-order chi connectivity index (χ0) is 16.1. The Bertz CT molecular complexity index is 627. The second-order valence-electron chi connectivity index (χ2n) is 7.07. The van der Waals surface area contributed by atoms with Crippen LogP contribution in [0.5, 0.6) is 0 Å². The minimum absolute atomic E-state index is 0.106. The fourth-order valence-corrected chi connectivity index (χ4v) is 3.73. The summed E-state index contributed by atoms with van der Waals surface area (Å²) in [6.07, 6.45) is 3.21. The molecule has 6 heteroatoms. The van der Waals surface area contributed by atoms with Crippen LogP contribution in [0.4, 0.5) is 17.2 Å². The smallest absolute Gasteiger partial charge is 0.250 e. The molecule has 0 saturated carbocycles. The maximum absolute atomic E-state index is 12.9. The summed E-state index contributed by atoms with van der Waals surface area (Å²) in [6, 6.07) is 2.49. The van der Waals surface area contributed by atoms with Crippen LogP contribution in [-0.2, 0) is 4.79 Å². The molecule has 3 aliphatic rings. The minimum Gasteiger partial charge on any atom is -0.370 e. The molecule has 1 atom stereocenters. The number of carbonyl (C=O) groups excluding carboxylic acids is 1. The van der Waals surface area contributed by atoms with Gasteiger partial charge in [-0.05, 0) is 26.3 Å². The molecule has 2 fully saturated rings. The Hall–Kier alpha value is -1.82. The first kappa shape index (κ1) is 14.8. The van der Waals surface area contributed by atoms with Crippen molar-refractivity contribution >= 4 is 23.1 Å². The first-order chi connectivity index (χ1) is 11.1. The number of aromatic nitrogens is 1. The Balaban J connectivity index is 1.67. The lowest BCUT2D eigenvalue weighted by Crippen LogP contribution is -2.63. The molecule has 0 aromatic carbocycles. The van der Waals surface area contributed by atoms with Crippen molar-refractivity contribution in [3.8, 4) is 0 Å². The highest BCUT2D eigenvalue weighted by Crippen LogP contribution is 2.38. The molecular weight excluding hydrogens is 290 g/mol. The van der Waals surface area contributed by atoms with Crippen LogP contribution in [0.1, 0.15) is 20.3 Å². The Labute approximate surface area is 137 Å². The molecule has 1 aromatic heterocycles. The summed E-state index contributed by atoms with van der Waals surface area (Å²) in [7, 11) is 1.88. The van der Waals surface area contributed by atoms with Crippen molar-refractivity contribution in [2.24, 2.45) is 0 Å². The van der Waals surface area contributed by atoms with Gasteiger partial charge >= 0.3 is 0 Å². The summed E-state index contributed by atoms with van der Waals surface area (Å²) >= 11 is 0. The topological polar surface area (TPSA) is 42.9 Å². The average Bonchev–Trinajstić information content (AvgIpc) is 2.50. The molecule has 0 spiro atoms. The normalized spacial score (nSPS) is 24.6. The van der Waals surface area contributed by atoms with Crippen molar-refractivity contribution in [1.82, 2.24) is 9.88 Å². The van der Waals surface area contributed by atoms with Gasteiger partial charge in [-0.15, -0.1) is 0 Å². The number of hydrogen-bond donors (Lipinski definition) is 0. The van der Waals surface area contributed by atoms with Crippen molar-refractivity contribution in [2.45, 2.75) is 32.4 Å². The van der Waals surface area contributed by atoms with Crippen LogP contribution >= 0.6 is 0 Å². The number of pyridine rings is 1. The summed E-state index contributed by atoms with van der Waals surface area (Å²) in [4.78, 5) is 26.3. The van der Waals surface area contributed by atoms with Gasteiger partial charge in [-0.25, -0.2) is 4.98 Å². The van der Waals surface area contributed by atoms with E-state index in [9.17, 15) is 4.79 Å². The van der Waals surface area contributed by atoms with Gasteiger partial charge in [-0.3, -0.25) is 9.69 Å². The van der Waals surface area contributed by atoms with E-state index in [4.69, 9.17) is 4.98 Å². The number of carbonyl (C=O) groups is 1. The number of fused-ring (bicyclic) bond motifs is 3. The van der Waals surface area contributed by atoms with E-state index in [1.807, 2.05) is 13.2 Å². The fourth-order valence-electron chi connectivity index (χ4n) is 3.73. The molecule has 2 saturated heterocycles. The van der Waals surface area contributed by atoms with E-state index in [1.54, 1.807) is 4.90 Å². The van der Waals surface area contributed by atoms with Crippen molar-refractivity contribution in [3.63, 3.8) is 0 Å². The van der Waals surface area contributed by atoms with Crippen molar-refractivity contribution in [1.29, 1.82) is 0 Å². The molecule has 4 rings (SSSR count). The van der Waals surface area contributed by atoms with Gasteiger partial charge in [0.2, 0.25) is 0 Å². The van der Waals surface area contributed by atoms with Gasteiger partial charge in [-0.2, -0.15) is 0 Å². The molecule has 0 aliphatic carbocycles. The zero-order valence-corrected chi connectivity index (χ0v) is 14.2. The van der Waals surface area contributed by atoms with Crippen molar-refractivity contribution in [2.75, 3.05) is 54.5 Å². The van der Waals surface area contributed by atoms with E-state index in [0.29, 0.717) is 6.04 Å². The lowest BCUT2D eigenvalue weighted by atomic mass is 10.0. The minimum atomic E-state index is -0.106. The highest BCUT2D eigenvalue weighted by molar-refractivity contribution is 6.05. The maximum Gasteiger partial charge on any atom is 0.250 e. The third-order valence-electron chi connectivity index (χ3n) is 5.45. The van der Waals surface area contributed by atoms with Crippen LogP contribution in [-0.4, -0.2) is 67.6 Å². The zero-order valence-electron chi connectivity index (χ0n) is 14.2. The largest absolute Gasteiger partial charge is 0.370 e. The Morgan fingerprint density at radius 3 is 2.65 bits per heavy atom. The molecule has 124 valence electrons. The summed E-state index contributed by atoms with van der Waals surface area (Å²) in [5.74, 6) is 1.15. The highest BCUT2D eigenvalue weighted by atomic mass is 16.2. The van der Waals surface area contributed by atoms with Crippen LogP contribution in [0.15, 0.2) is 12.3 Å². The third-order valence-corrected chi connectivity index (χ3v) is 5.45. The van der Waals surface area contributed by atoms with Gasteiger partial charge in [-0.1, -0.05) is 0 Å². The Kier molecular flexibility index (Phi) is 3.44. The second-order valence-corrected chi connectivity index (χ2v) is 7.07. The molecule has 1 amide bonds. The maximum atomic E-state index is 12.9. The van der Waals surface area contributed by atoms with Crippen molar-refractivity contribution < 1.29 is 4.79 Å². The number of hydrogen-bond acceptors (Lipinski definition) is 5. The lowest BCUT2D eigenvalue weighted by molar-refractivity contribution is -0.121. The first-order valence-electron chi connectivity index (χ1n) is 8.59. The summed E-state index contributed by atoms with van der Waals surface area (Å²) < 4.78 is 0. The molecule has 0 radical (unpaired) electrons. The monoisotopic (exact) mass is 315 g/mol. The number of rotatable bonds is 2. The average molecular weight is 315 g/mol. The highest BCUT2D eigenvalue weighted by Gasteiger charge is 2.41. The number of likely N-dealkylation sites (N-methyl/N-ethyl adjacent to an activating group) is 1. The lowest BCUT2D eigenvalue weighted by Gasteiger charge is -2.47. The van der Waals surface area contributed by atoms with Gasteiger partial charge in [0, 0.05) is 45.8 Å². The molecule has 0 bridgehead atoms. The number of piperazine rings is 1. The van der Waals surface area contributed by atoms with Gasteiger partial charge in [0.15, 0.2) is 5.82 Å². The molecule has 0 unspecified atom stereocenters. The summed E-state index contributed by atoms with van der Waals surface area (Å²) in [5, 5.41) is 0. The number of anilines is 3. The van der Waals surface area contributed by atoms with Gasteiger partial charge in [0.25, 0.3) is 5.91 Å². The molecule has 3 aliphatic heterocycles. The number of nitrogens with zero attached hydrogens (tertiary/aromatic N) is 5. The van der Waals surface area contributed by atoms with E-state index < -0.39 is 0 Å². The van der Waals surface area contributed by atoms with Crippen LogP contribution in [0, 0.1) is 0 Å². The Morgan fingerprint density at radius 1 is 1.22 bits per heavy atom. The predicted molar refractivity (Wildman–Crippen MR) is 92.3 cm³/mol. The van der Waals surface area contributed by atoms with Crippen LogP contribution in [0.2, 0.25) is 0 Å². The van der Waals surface area contributed by atoms with E-state index in [-0.39, 0.29) is 11.9 Å².